The van der Waals surface area contributed by atoms with E-state index in [1.807, 2.05) is 0 Å². The first-order valence-corrected chi connectivity index (χ1v) is 8.06. The number of rotatable bonds is 3. The van der Waals surface area contributed by atoms with Crippen molar-refractivity contribution in [2.45, 2.75) is 10.9 Å². The molecule has 0 radical (unpaired) electrons. The van der Waals surface area contributed by atoms with Crippen molar-refractivity contribution in [3.63, 3.8) is 0 Å². The molecule has 2 aliphatic heterocycles. The monoisotopic (exact) mass is 348 g/mol. The van der Waals surface area contributed by atoms with E-state index in [9.17, 15) is 22.4 Å². The molecule has 0 unspecified atom stereocenters. The lowest BCUT2D eigenvalue weighted by molar-refractivity contribution is -0.128. The normalized spacial score (nSPS) is 20.2. The third-order valence-electron chi connectivity index (χ3n) is 3.51. The number of cyclic esters (lactones) is 1. The zero-order valence-electron chi connectivity index (χ0n) is 11.0. The van der Waals surface area contributed by atoms with E-state index in [0.717, 1.165) is 27.4 Å². The van der Waals surface area contributed by atoms with Crippen molar-refractivity contribution in [3.05, 3.63) is 29.0 Å². The van der Waals surface area contributed by atoms with Gasteiger partial charge in [-0.2, -0.15) is 4.31 Å². The number of imide groups is 1. The van der Waals surface area contributed by atoms with Crippen LogP contribution in [0.2, 0.25) is 5.02 Å². The number of nitrogens with zero attached hydrogens (tertiary/aromatic N) is 2. The molecule has 10 heteroatoms. The Morgan fingerprint density at radius 2 is 1.95 bits per heavy atom. The van der Waals surface area contributed by atoms with Gasteiger partial charge in [0.05, 0.1) is 16.0 Å². The molecular formula is C12H10ClFN2O5S. The van der Waals surface area contributed by atoms with Gasteiger partial charge in [0.25, 0.3) is 5.91 Å². The lowest BCUT2D eigenvalue weighted by atomic mass is 10.1. The number of hydrogen-bond acceptors (Lipinski definition) is 5. The van der Waals surface area contributed by atoms with E-state index in [4.69, 9.17) is 11.6 Å². The first-order valence-electron chi connectivity index (χ1n) is 6.24. The summed E-state index contributed by atoms with van der Waals surface area (Å²) < 4.78 is 43.4. The van der Waals surface area contributed by atoms with Crippen LogP contribution in [0.1, 0.15) is 0 Å². The Kier molecular flexibility index (Phi) is 3.58. The number of sulfonamides is 1. The Morgan fingerprint density at radius 3 is 2.50 bits per heavy atom. The molecule has 0 aliphatic carbocycles. The lowest BCUT2D eigenvalue weighted by Gasteiger charge is -2.40. The van der Waals surface area contributed by atoms with Crippen LogP contribution in [0.25, 0.3) is 0 Å². The van der Waals surface area contributed by atoms with Crippen molar-refractivity contribution in [1.29, 1.82) is 0 Å². The SMILES string of the molecule is O=C1COC(=O)N1C1CN(S(=O)(=O)c2ccc(F)c(Cl)c2)C1. The van der Waals surface area contributed by atoms with Gasteiger partial charge in [0.15, 0.2) is 6.61 Å². The fourth-order valence-corrected chi connectivity index (χ4v) is 4.07. The number of hydrogen-bond donors (Lipinski definition) is 0. The summed E-state index contributed by atoms with van der Waals surface area (Å²) >= 11 is 5.58. The summed E-state index contributed by atoms with van der Waals surface area (Å²) in [5.41, 5.74) is 0. The minimum absolute atomic E-state index is 0.0296. The van der Waals surface area contributed by atoms with Gasteiger partial charge < -0.3 is 4.74 Å². The van der Waals surface area contributed by atoms with Crippen molar-refractivity contribution in [3.8, 4) is 0 Å². The molecule has 2 heterocycles. The molecule has 2 aliphatic rings. The highest BCUT2D eigenvalue weighted by Crippen LogP contribution is 2.28. The van der Waals surface area contributed by atoms with Crippen LogP contribution in [-0.2, 0) is 19.6 Å². The number of benzene rings is 1. The molecule has 0 N–H and O–H groups in total. The summed E-state index contributed by atoms with van der Waals surface area (Å²) in [6.45, 7) is -0.383. The number of ether oxygens (including phenoxy) is 1. The predicted molar refractivity (Wildman–Crippen MR) is 72.2 cm³/mol. The van der Waals surface area contributed by atoms with Crippen molar-refractivity contribution in [2.75, 3.05) is 19.7 Å². The zero-order valence-corrected chi connectivity index (χ0v) is 12.6. The van der Waals surface area contributed by atoms with Gasteiger partial charge in [0, 0.05) is 13.1 Å². The predicted octanol–water partition coefficient (Wildman–Crippen LogP) is 0.831. The Labute approximate surface area is 130 Å². The second kappa shape index (κ2) is 5.18. The van der Waals surface area contributed by atoms with Crippen LogP contribution >= 0.6 is 11.6 Å². The Balaban J connectivity index is 1.75. The molecule has 3 rings (SSSR count). The van der Waals surface area contributed by atoms with E-state index >= 15 is 0 Å². The van der Waals surface area contributed by atoms with Gasteiger partial charge in [-0.3, -0.25) is 4.79 Å². The van der Waals surface area contributed by atoms with Crippen molar-refractivity contribution < 1.29 is 27.1 Å². The lowest BCUT2D eigenvalue weighted by Crippen LogP contribution is -2.62. The molecular weight excluding hydrogens is 339 g/mol. The molecule has 0 bridgehead atoms. The van der Waals surface area contributed by atoms with Gasteiger partial charge >= 0.3 is 6.09 Å². The van der Waals surface area contributed by atoms with E-state index in [-0.39, 0.29) is 29.6 Å². The van der Waals surface area contributed by atoms with Gasteiger partial charge in [0.2, 0.25) is 10.0 Å². The van der Waals surface area contributed by atoms with Crippen LogP contribution in [0, 0.1) is 5.82 Å². The van der Waals surface area contributed by atoms with Crippen molar-refractivity contribution in [1.82, 2.24) is 9.21 Å². The maximum Gasteiger partial charge on any atom is 0.417 e. The van der Waals surface area contributed by atoms with Gasteiger partial charge in [-0.25, -0.2) is 22.5 Å². The van der Waals surface area contributed by atoms with E-state index in [1.54, 1.807) is 0 Å². The van der Waals surface area contributed by atoms with Crippen LogP contribution < -0.4 is 0 Å². The summed E-state index contributed by atoms with van der Waals surface area (Å²) in [6, 6.07) is 2.55. The third kappa shape index (κ3) is 2.34. The second-order valence-electron chi connectivity index (χ2n) is 4.87. The van der Waals surface area contributed by atoms with E-state index < -0.39 is 33.9 Å². The van der Waals surface area contributed by atoms with Crippen LogP contribution in [0.15, 0.2) is 23.1 Å². The van der Waals surface area contributed by atoms with E-state index in [2.05, 4.69) is 4.74 Å². The molecule has 118 valence electrons. The molecule has 22 heavy (non-hydrogen) atoms. The molecule has 0 spiro atoms. The van der Waals surface area contributed by atoms with Crippen LogP contribution in [0.4, 0.5) is 9.18 Å². The second-order valence-corrected chi connectivity index (χ2v) is 7.22. The smallest absolute Gasteiger partial charge is 0.417 e. The summed E-state index contributed by atoms with van der Waals surface area (Å²) in [5, 5.41) is -0.295. The summed E-state index contributed by atoms with van der Waals surface area (Å²) in [5.74, 6) is -1.20. The molecule has 2 fully saturated rings. The molecule has 1 aromatic carbocycles. The van der Waals surface area contributed by atoms with Crippen LogP contribution in [0.3, 0.4) is 0 Å². The molecule has 7 nitrogen and oxygen atoms in total. The highest BCUT2D eigenvalue weighted by atomic mass is 35.5. The number of halogens is 2. The molecule has 1 aromatic rings. The fraction of sp³-hybridized carbons (Fsp3) is 0.333. The minimum Gasteiger partial charge on any atom is -0.439 e. The average Bonchev–Trinajstić information content (AvgIpc) is 2.72. The number of carbonyl (C=O) groups excluding carboxylic acids is 2. The number of amides is 2. The summed E-state index contributed by atoms with van der Waals surface area (Å²) in [7, 11) is -3.85. The molecule has 2 amide bonds. The highest BCUT2D eigenvalue weighted by Gasteiger charge is 2.46. The standard InChI is InChI=1S/C12H10ClFN2O5S/c13-9-3-8(1-2-10(9)14)22(19,20)15-4-7(5-15)16-11(17)6-21-12(16)18/h1-3,7H,4-6H2. The first kappa shape index (κ1) is 15.2. The Bertz CT molecular complexity index is 747. The van der Waals surface area contributed by atoms with Gasteiger partial charge in [0.1, 0.15) is 5.82 Å². The van der Waals surface area contributed by atoms with E-state index in [1.165, 1.54) is 0 Å². The summed E-state index contributed by atoms with van der Waals surface area (Å²) in [6.07, 6.45) is -0.767. The quantitative estimate of drug-likeness (QED) is 0.808. The molecule has 0 saturated carbocycles. The Hall–Kier alpha value is -1.71. The topological polar surface area (TPSA) is 84.0 Å². The van der Waals surface area contributed by atoms with Crippen molar-refractivity contribution >= 4 is 33.6 Å². The largest absolute Gasteiger partial charge is 0.439 e. The minimum atomic E-state index is -3.85. The average molecular weight is 349 g/mol. The maximum absolute atomic E-state index is 13.1. The zero-order chi connectivity index (χ0) is 16.1. The summed E-state index contributed by atoms with van der Waals surface area (Å²) in [4.78, 5) is 23.6. The van der Waals surface area contributed by atoms with Gasteiger partial charge in [-0.05, 0) is 18.2 Å². The van der Waals surface area contributed by atoms with Crippen LogP contribution in [-0.4, -0.2) is 55.4 Å². The number of carbonyl (C=O) groups is 2. The highest BCUT2D eigenvalue weighted by molar-refractivity contribution is 7.89. The molecule has 0 aromatic heterocycles. The van der Waals surface area contributed by atoms with Gasteiger partial charge in [-0.15, -0.1) is 0 Å². The van der Waals surface area contributed by atoms with Crippen LogP contribution in [0.5, 0.6) is 0 Å². The molecule has 0 atom stereocenters. The Morgan fingerprint density at radius 1 is 1.27 bits per heavy atom. The van der Waals surface area contributed by atoms with Crippen molar-refractivity contribution in [2.24, 2.45) is 0 Å². The first-order chi connectivity index (χ1) is 10.3. The third-order valence-corrected chi connectivity index (χ3v) is 5.62. The maximum atomic E-state index is 13.1. The van der Waals surface area contributed by atoms with E-state index in [0.29, 0.717) is 0 Å². The fourth-order valence-electron chi connectivity index (χ4n) is 2.28. The van der Waals surface area contributed by atoms with Gasteiger partial charge in [-0.1, -0.05) is 11.6 Å². The molecule has 2 saturated heterocycles.